The Labute approximate surface area is 132 Å². The molecule has 5 heteroatoms. The SMILES string of the molecule is CC(C)(C)N(Cc1cc(OC2CCCC2)ccc1N)C(=O)O. The predicted molar refractivity (Wildman–Crippen MR) is 87.1 cm³/mol. The smallest absolute Gasteiger partial charge is 0.408 e. The first kappa shape index (κ1) is 16.5. The molecule has 22 heavy (non-hydrogen) atoms. The van der Waals surface area contributed by atoms with E-state index < -0.39 is 11.6 Å². The molecule has 1 aromatic rings. The van der Waals surface area contributed by atoms with E-state index in [-0.39, 0.29) is 12.6 Å². The molecule has 1 amide bonds. The molecule has 3 N–H and O–H groups in total. The van der Waals surface area contributed by atoms with Crippen molar-refractivity contribution in [3.8, 4) is 5.75 Å². The second-order valence-corrected chi connectivity index (χ2v) is 6.92. The molecule has 1 saturated carbocycles. The number of ether oxygens (including phenoxy) is 1. The summed E-state index contributed by atoms with van der Waals surface area (Å²) in [5.74, 6) is 0.773. The van der Waals surface area contributed by atoms with E-state index in [0.717, 1.165) is 24.2 Å². The van der Waals surface area contributed by atoms with Crippen molar-refractivity contribution in [1.82, 2.24) is 4.90 Å². The lowest BCUT2D eigenvalue weighted by atomic mass is 10.0. The fraction of sp³-hybridized carbons (Fsp3) is 0.588. The first-order valence-corrected chi connectivity index (χ1v) is 7.83. The highest BCUT2D eigenvalue weighted by Gasteiger charge is 2.27. The molecule has 0 aliphatic heterocycles. The van der Waals surface area contributed by atoms with E-state index >= 15 is 0 Å². The maximum absolute atomic E-state index is 11.5. The van der Waals surface area contributed by atoms with Gasteiger partial charge < -0.3 is 15.6 Å². The number of hydrogen-bond acceptors (Lipinski definition) is 3. The van der Waals surface area contributed by atoms with Gasteiger partial charge in [-0.05, 0) is 70.2 Å². The summed E-state index contributed by atoms with van der Waals surface area (Å²) in [6, 6.07) is 5.52. The van der Waals surface area contributed by atoms with Crippen LogP contribution in [0.15, 0.2) is 18.2 Å². The zero-order valence-corrected chi connectivity index (χ0v) is 13.6. The Morgan fingerprint density at radius 2 is 2.00 bits per heavy atom. The Hall–Kier alpha value is -1.91. The molecule has 0 atom stereocenters. The fourth-order valence-corrected chi connectivity index (χ4v) is 2.75. The quantitative estimate of drug-likeness (QED) is 0.828. The molecule has 2 rings (SSSR count). The Morgan fingerprint density at radius 1 is 1.36 bits per heavy atom. The molecule has 5 nitrogen and oxygen atoms in total. The topological polar surface area (TPSA) is 75.8 Å². The number of nitrogens with zero attached hydrogens (tertiary/aromatic N) is 1. The van der Waals surface area contributed by atoms with Gasteiger partial charge in [0.25, 0.3) is 0 Å². The number of amides is 1. The molecule has 1 aliphatic carbocycles. The van der Waals surface area contributed by atoms with E-state index in [1.807, 2.05) is 32.9 Å². The van der Waals surface area contributed by atoms with Gasteiger partial charge in [0.15, 0.2) is 0 Å². The zero-order valence-electron chi connectivity index (χ0n) is 13.6. The third-order valence-electron chi connectivity index (χ3n) is 4.09. The molecular weight excluding hydrogens is 280 g/mol. The van der Waals surface area contributed by atoms with Crippen LogP contribution in [0.3, 0.4) is 0 Å². The largest absolute Gasteiger partial charge is 0.490 e. The van der Waals surface area contributed by atoms with Crippen molar-refractivity contribution in [2.75, 3.05) is 5.73 Å². The fourth-order valence-electron chi connectivity index (χ4n) is 2.75. The van der Waals surface area contributed by atoms with E-state index in [9.17, 15) is 9.90 Å². The third kappa shape index (κ3) is 4.06. The summed E-state index contributed by atoms with van der Waals surface area (Å²) >= 11 is 0. The number of benzene rings is 1. The van der Waals surface area contributed by atoms with Crippen LogP contribution >= 0.6 is 0 Å². The zero-order chi connectivity index (χ0) is 16.3. The number of nitrogens with two attached hydrogens (primary N) is 1. The molecule has 0 aromatic heterocycles. The van der Waals surface area contributed by atoms with E-state index in [4.69, 9.17) is 10.5 Å². The number of anilines is 1. The van der Waals surface area contributed by atoms with Gasteiger partial charge >= 0.3 is 6.09 Å². The van der Waals surface area contributed by atoms with E-state index in [2.05, 4.69) is 0 Å². The number of nitrogen functional groups attached to an aromatic ring is 1. The van der Waals surface area contributed by atoms with Crippen molar-refractivity contribution < 1.29 is 14.6 Å². The molecular formula is C17H26N2O3. The number of rotatable bonds is 4. The summed E-state index contributed by atoms with van der Waals surface area (Å²) in [4.78, 5) is 12.9. The summed E-state index contributed by atoms with van der Waals surface area (Å²) in [5.41, 5.74) is 6.91. The van der Waals surface area contributed by atoms with Crippen LogP contribution < -0.4 is 10.5 Å². The normalized spacial score (nSPS) is 15.8. The maximum Gasteiger partial charge on any atom is 0.408 e. The third-order valence-corrected chi connectivity index (χ3v) is 4.09. The van der Waals surface area contributed by atoms with Crippen molar-refractivity contribution in [3.63, 3.8) is 0 Å². The molecule has 0 bridgehead atoms. The Kier molecular flexibility index (Phi) is 4.84. The van der Waals surface area contributed by atoms with Crippen molar-refractivity contribution >= 4 is 11.8 Å². The van der Waals surface area contributed by atoms with Crippen molar-refractivity contribution in [3.05, 3.63) is 23.8 Å². The first-order valence-electron chi connectivity index (χ1n) is 7.83. The standard InChI is InChI=1S/C17H26N2O3/c1-17(2,3)19(16(20)21)11-12-10-14(8-9-15(12)18)22-13-6-4-5-7-13/h8-10,13H,4-7,11,18H2,1-3H3,(H,20,21). The van der Waals surface area contributed by atoms with Gasteiger partial charge in [-0.25, -0.2) is 4.79 Å². The minimum atomic E-state index is -0.950. The Balaban J connectivity index is 2.16. The molecule has 0 saturated heterocycles. The maximum atomic E-state index is 11.5. The van der Waals surface area contributed by atoms with Crippen LogP contribution in [0.4, 0.5) is 10.5 Å². The Morgan fingerprint density at radius 3 is 2.55 bits per heavy atom. The van der Waals surface area contributed by atoms with E-state index in [1.54, 1.807) is 6.07 Å². The molecule has 1 aromatic carbocycles. The lowest BCUT2D eigenvalue weighted by Gasteiger charge is -2.33. The lowest BCUT2D eigenvalue weighted by Crippen LogP contribution is -2.44. The van der Waals surface area contributed by atoms with Gasteiger partial charge in [0.1, 0.15) is 5.75 Å². The minimum Gasteiger partial charge on any atom is -0.490 e. The van der Waals surface area contributed by atoms with Gasteiger partial charge in [-0.3, -0.25) is 4.90 Å². The molecule has 0 spiro atoms. The second-order valence-electron chi connectivity index (χ2n) is 6.92. The van der Waals surface area contributed by atoms with Crippen LogP contribution in [-0.4, -0.2) is 27.7 Å². The minimum absolute atomic E-state index is 0.256. The molecule has 1 aliphatic rings. The summed E-state index contributed by atoms with van der Waals surface area (Å²) in [6.07, 6.45) is 3.92. The molecule has 0 unspecified atom stereocenters. The van der Waals surface area contributed by atoms with Gasteiger partial charge in [0, 0.05) is 11.2 Å². The Bertz CT molecular complexity index is 531. The van der Waals surface area contributed by atoms with Crippen LogP contribution in [0, 0.1) is 0 Å². The van der Waals surface area contributed by atoms with Crippen molar-refractivity contribution in [1.29, 1.82) is 0 Å². The van der Waals surface area contributed by atoms with Crippen LogP contribution in [0.25, 0.3) is 0 Å². The second kappa shape index (κ2) is 6.46. The predicted octanol–water partition coefficient (Wildman–Crippen LogP) is 3.87. The highest BCUT2D eigenvalue weighted by molar-refractivity contribution is 5.66. The highest BCUT2D eigenvalue weighted by Crippen LogP contribution is 2.28. The van der Waals surface area contributed by atoms with Crippen LogP contribution in [0.5, 0.6) is 5.75 Å². The number of hydrogen-bond donors (Lipinski definition) is 2. The summed E-state index contributed by atoms with van der Waals surface area (Å²) < 4.78 is 5.98. The molecule has 1 fully saturated rings. The molecule has 0 heterocycles. The number of carbonyl (C=O) groups is 1. The lowest BCUT2D eigenvalue weighted by molar-refractivity contribution is 0.0955. The summed E-state index contributed by atoms with van der Waals surface area (Å²) in [7, 11) is 0. The van der Waals surface area contributed by atoms with Gasteiger partial charge in [0.05, 0.1) is 12.6 Å². The van der Waals surface area contributed by atoms with Crippen LogP contribution in [-0.2, 0) is 6.54 Å². The first-order chi connectivity index (χ1) is 10.3. The molecule has 122 valence electrons. The van der Waals surface area contributed by atoms with Gasteiger partial charge in [0.2, 0.25) is 0 Å². The van der Waals surface area contributed by atoms with Crippen molar-refractivity contribution in [2.24, 2.45) is 0 Å². The van der Waals surface area contributed by atoms with Crippen LogP contribution in [0.2, 0.25) is 0 Å². The van der Waals surface area contributed by atoms with Crippen molar-refractivity contribution in [2.45, 2.75) is 64.6 Å². The van der Waals surface area contributed by atoms with E-state index in [1.165, 1.54) is 17.7 Å². The monoisotopic (exact) mass is 306 g/mol. The van der Waals surface area contributed by atoms with E-state index in [0.29, 0.717) is 5.69 Å². The number of carboxylic acid groups (broad SMARTS) is 1. The van der Waals surface area contributed by atoms with Gasteiger partial charge in [-0.1, -0.05) is 0 Å². The van der Waals surface area contributed by atoms with Gasteiger partial charge in [-0.15, -0.1) is 0 Å². The molecule has 0 radical (unpaired) electrons. The average Bonchev–Trinajstić information content (AvgIpc) is 2.90. The van der Waals surface area contributed by atoms with Gasteiger partial charge in [-0.2, -0.15) is 0 Å². The highest BCUT2D eigenvalue weighted by atomic mass is 16.5. The van der Waals surface area contributed by atoms with Crippen LogP contribution in [0.1, 0.15) is 52.0 Å². The summed E-state index contributed by atoms with van der Waals surface area (Å²) in [5, 5.41) is 9.41. The average molecular weight is 306 g/mol. The summed E-state index contributed by atoms with van der Waals surface area (Å²) in [6.45, 7) is 5.87.